The summed E-state index contributed by atoms with van der Waals surface area (Å²) in [4.78, 5) is 17.3. The van der Waals surface area contributed by atoms with E-state index >= 15 is 0 Å². The molecule has 3 heterocycles. The zero-order valence-electron chi connectivity index (χ0n) is 15.4. The fourth-order valence-electron chi connectivity index (χ4n) is 3.68. The first kappa shape index (κ1) is 17.3. The Morgan fingerprint density at radius 3 is 2.74 bits per heavy atom. The molecule has 0 unspecified atom stereocenters. The van der Waals surface area contributed by atoms with Gasteiger partial charge in [-0.3, -0.25) is 4.79 Å². The number of carbonyl (C=O) groups is 1. The molecule has 0 saturated carbocycles. The number of carbonyl (C=O) groups excluding carboxylic acids is 1. The second kappa shape index (κ2) is 7.23. The van der Waals surface area contributed by atoms with Gasteiger partial charge in [0.15, 0.2) is 5.58 Å². The van der Waals surface area contributed by atoms with Crippen molar-refractivity contribution in [2.75, 3.05) is 38.2 Å². The number of ether oxygens (including phenoxy) is 1. The third-order valence-electron chi connectivity index (χ3n) is 5.05. The van der Waals surface area contributed by atoms with E-state index in [0.717, 1.165) is 35.6 Å². The van der Waals surface area contributed by atoms with Crippen molar-refractivity contribution >= 4 is 22.7 Å². The maximum Gasteiger partial charge on any atom is 0.270 e. The SMILES string of the molecule is C=CCn1c(C(=O)N2CCN(c3ccccc3OC)CC2)cc2occc21. The Hall–Kier alpha value is -3.15. The van der Waals surface area contributed by atoms with Crippen molar-refractivity contribution in [2.24, 2.45) is 0 Å². The standard InChI is InChI=1S/C21H23N3O3/c1-3-9-24-17-8-14-27-20(17)15-18(24)21(25)23-12-10-22(11-13-23)16-6-4-5-7-19(16)26-2/h3-8,14-15H,1,9-13H2,2H3. The van der Waals surface area contributed by atoms with E-state index in [4.69, 9.17) is 9.15 Å². The highest BCUT2D eigenvalue weighted by atomic mass is 16.5. The maximum atomic E-state index is 13.1. The van der Waals surface area contributed by atoms with Crippen LogP contribution < -0.4 is 9.64 Å². The predicted molar refractivity (Wildman–Crippen MR) is 106 cm³/mol. The Balaban J connectivity index is 1.51. The molecule has 0 aliphatic carbocycles. The van der Waals surface area contributed by atoms with Crippen LogP contribution in [0, 0.1) is 0 Å². The fourth-order valence-corrected chi connectivity index (χ4v) is 3.68. The molecule has 0 bridgehead atoms. The summed E-state index contributed by atoms with van der Waals surface area (Å²) in [5.74, 6) is 0.889. The molecular weight excluding hydrogens is 342 g/mol. The number of rotatable bonds is 5. The fraction of sp³-hybridized carbons (Fsp3) is 0.286. The molecule has 1 amide bonds. The third kappa shape index (κ3) is 3.07. The minimum atomic E-state index is 0.0305. The summed E-state index contributed by atoms with van der Waals surface area (Å²) in [7, 11) is 1.68. The van der Waals surface area contributed by atoms with Crippen molar-refractivity contribution in [3.8, 4) is 5.75 Å². The summed E-state index contributed by atoms with van der Waals surface area (Å²) in [6.07, 6.45) is 3.44. The molecule has 1 fully saturated rings. The number of piperazine rings is 1. The van der Waals surface area contributed by atoms with E-state index in [2.05, 4.69) is 17.5 Å². The molecule has 0 N–H and O–H groups in total. The van der Waals surface area contributed by atoms with Crippen LogP contribution in [0.1, 0.15) is 10.5 Å². The topological polar surface area (TPSA) is 50.9 Å². The average molecular weight is 365 g/mol. The smallest absolute Gasteiger partial charge is 0.270 e. The van der Waals surface area contributed by atoms with Gasteiger partial charge in [-0.1, -0.05) is 18.2 Å². The second-order valence-corrected chi connectivity index (χ2v) is 6.55. The predicted octanol–water partition coefficient (Wildman–Crippen LogP) is 3.39. The van der Waals surface area contributed by atoms with Gasteiger partial charge in [0.25, 0.3) is 5.91 Å². The van der Waals surface area contributed by atoms with Gasteiger partial charge in [0.2, 0.25) is 0 Å². The molecule has 0 radical (unpaired) electrons. The Bertz CT molecular complexity index is 964. The number of nitrogens with zero attached hydrogens (tertiary/aromatic N) is 3. The molecule has 0 spiro atoms. The molecule has 6 nitrogen and oxygen atoms in total. The Morgan fingerprint density at radius 2 is 2.00 bits per heavy atom. The monoisotopic (exact) mass is 365 g/mol. The van der Waals surface area contributed by atoms with E-state index < -0.39 is 0 Å². The zero-order chi connectivity index (χ0) is 18.8. The van der Waals surface area contributed by atoms with Crippen LogP contribution in [-0.2, 0) is 6.54 Å². The number of hydrogen-bond donors (Lipinski definition) is 0. The quantitative estimate of drug-likeness (QED) is 0.651. The Kier molecular flexibility index (Phi) is 4.62. The minimum absolute atomic E-state index is 0.0305. The number of furan rings is 1. The lowest BCUT2D eigenvalue weighted by Crippen LogP contribution is -2.49. The number of aromatic nitrogens is 1. The summed E-state index contributed by atoms with van der Waals surface area (Å²) in [5.41, 5.74) is 3.37. The van der Waals surface area contributed by atoms with Crippen LogP contribution in [0.5, 0.6) is 5.75 Å². The van der Waals surface area contributed by atoms with E-state index in [-0.39, 0.29) is 5.91 Å². The number of para-hydroxylation sites is 2. The lowest BCUT2D eigenvalue weighted by Gasteiger charge is -2.36. The molecule has 140 valence electrons. The van der Waals surface area contributed by atoms with Crippen molar-refractivity contribution < 1.29 is 13.9 Å². The van der Waals surface area contributed by atoms with Crippen molar-refractivity contribution in [3.63, 3.8) is 0 Å². The summed E-state index contributed by atoms with van der Waals surface area (Å²) >= 11 is 0. The largest absolute Gasteiger partial charge is 0.495 e. The number of anilines is 1. The lowest BCUT2D eigenvalue weighted by atomic mass is 10.2. The van der Waals surface area contributed by atoms with E-state index in [1.54, 1.807) is 19.4 Å². The van der Waals surface area contributed by atoms with Gasteiger partial charge in [-0.15, -0.1) is 6.58 Å². The number of allylic oxidation sites excluding steroid dienone is 1. The molecule has 6 heteroatoms. The van der Waals surface area contributed by atoms with Crippen LogP contribution in [0.15, 0.2) is 59.7 Å². The van der Waals surface area contributed by atoms with Crippen molar-refractivity contribution in [1.82, 2.24) is 9.47 Å². The van der Waals surface area contributed by atoms with Gasteiger partial charge in [0, 0.05) is 44.9 Å². The van der Waals surface area contributed by atoms with Gasteiger partial charge < -0.3 is 23.5 Å². The van der Waals surface area contributed by atoms with Crippen LogP contribution in [0.2, 0.25) is 0 Å². The molecule has 2 aromatic heterocycles. The maximum absolute atomic E-state index is 13.1. The normalized spacial score (nSPS) is 14.6. The third-order valence-corrected chi connectivity index (χ3v) is 5.05. The zero-order valence-corrected chi connectivity index (χ0v) is 15.4. The van der Waals surface area contributed by atoms with E-state index in [1.165, 1.54) is 0 Å². The molecular formula is C21H23N3O3. The Labute approximate surface area is 158 Å². The van der Waals surface area contributed by atoms with Gasteiger partial charge in [-0.2, -0.15) is 0 Å². The number of fused-ring (bicyclic) bond motifs is 1. The first-order valence-electron chi connectivity index (χ1n) is 9.08. The molecule has 27 heavy (non-hydrogen) atoms. The molecule has 3 aromatic rings. The van der Waals surface area contributed by atoms with Crippen molar-refractivity contribution in [1.29, 1.82) is 0 Å². The molecule has 1 saturated heterocycles. The van der Waals surface area contributed by atoms with Crippen LogP contribution >= 0.6 is 0 Å². The molecule has 1 aromatic carbocycles. The minimum Gasteiger partial charge on any atom is -0.495 e. The number of benzene rings is 1. The highest BCUT2D eigenvalue weighted by molar-refractivity contribution is 5.97. The second-order valence-electron chi connectivity index (χ2n) is 6.55. The van der Waals surface area contributed by atoms with E-state index in [9.17, 15) is 4.79 Å². The number of amides is 1. The van der Waals surface area contributed by atoms with Crippen molar-refractivity contribution in [3.05, 3.63) is 61.0 Å². The molecule has 0 atom stereocenters. The van der Waals surface area contributed by atoms with Crippen LogP contribution in [0.3, 0.4) is 0 Å². The lowest BCUT2D eigenvalue weighted by molar-refractivity contribution is 0.0737. The number of hydrogen-bond acceptors (Lipinski definition) is 4. The van der Waals surface area contributed by atoms with E-state index in [1.807, 2.05) is 39.8 Å². The highest BCUT2D eigenvalue weighted by Gasteiger charge is 2.26. The average Bonchev–Trinajstić information content (AvgIpc) is 3.30. The van der Waals surface area contributed by atoms with Gasteiger partial charge in [0.1, 0.15) is 11.4 Å². The van der Waals surface area contributed by atoms with Gasteiger partial charge >= 0.3 is 0 Å². The Morgan fingerprint density at radius 1 is 1.22 bits per heavy atom. The highest BCUT2D eigenvalue weighted by Crippen LogP contribution is 2.29. The summed E-state index contributed by atoms with van der Waals surface area (Å²) < 4.78 is 12.9. The molecule has 1 aliphatic heterocycles. The first-order valence-corrected chi connectivity index (χ1v) is 9.08. The summed E-state index contributed by atoms with van der Waals surface area (Å²) in [5, 5.41) is 0. The van der Waals surface area contributed by atoms with Gasteiger partial charge in [-0.05, 0) is 12.1 Å². The van der Waals surface area contributed by atoms with Crippen LogP contribution in [-0.4, -0.2) is 48.7 Å². The summed E-state index contributed by atoms with van der Waals surface area (Å²) in [6.45, 7) is 7.24. The molecule has 4 rings (SSSR count). The van der Waals surface area contributed by atoms with Crippen LogP contribution in [0.25, 0.3) is 11.1 Å². The number of methoxy groups -OCH3 is 1. The van der Waals surface area contributed by atoms with Crippen molar-refractivity contribution in [2.45, 2.75) is 6.54 Å². The van der Waals surface area contributed by atoms with Gasteiger partial charge in [-0.25, -0.2) is 0 Å². The summed E-state index contributed by atoms with van der Waals surface area (Å²) in [6, 6.07) is 11.7. The van der Waals surface area contributed by atoms with Crippen LogP contribution in [0.4, 0.5) is 5.69 Å². The first-order chi connectivity index (χ1) is 13.2. The van der Waals surface area contributed by atoms with E-state index in [0.29, 0.717) is 25.3 Å². The van der Waals surface area contributed by atoms with Gasteiger partial charge in [0.05, 0.1) is 24.6 Å². The molecule has 1 aliphatic rings.